The summed E-state index contributed by atoms with van der Waals surface area (Å²) in [5, 5.41) is 14.1. The van der Waals surface area contributed by atoms with E-state index >= 15 is 0 Å². The van der Waals surface area contributed by atoms with Gasteiger partial charge in [0.05, 0.1) is 24.9 Å². The first kappa shape index (κ1) is 9.18. The lowest BCUT2D eigenvalue weighted by atomic mass is 10.2. The number of aliphatic hydroxyl groups excluding tert-OH is 1. The lowest BCUT2D eigenvalue weighted by Crippen LogP contribution is -2.30. The summed E-state index contributed by atoms with van der Waals surface area (Å²) in [4.78, 5) is 0. The predicted octanol–water partition coefficient (Wildman–Crippen LogP) is 0.356. The van der Waals surface area contributed by atoms with E-state index in [-0.39, 0.29) is 12.6 Å². The average Bonchev–Trinajstić information content (AvgIpc) is 2.62. The van der Waals surface area contributed by atoms with Crippen molar-refractivity contribution in [3.8, 4) is 0 Å². The Balaban J connectivity index is 2.33. The summed E-state index contributed by atoms with van der Waals surface area (Å²) >= 11 is 0. The number of aromatic nitrogens is 2. The van der Waals surface area contributed by atoms with Crippen LogP contribution in [0.3, 0.4) is 0 Å². The Kier molecular flexibility index (Phi) is 2.47. The molecule has 3 N–H and O–H groups in total. The minimum Gasteiger partial charge on any atom is -0.395 e. The molecule has 1 atom stereocenters. The summed E-state index contributed by atoms with van der Waals surface area (Å²) < 4.78 is 1.82. The third-order valence-corrected chi connectivity index (χ3v) is 2.19. The van der Waals surface area contributed by atoms with E-state index in [2.05, 4.69) is 5.10 Å². The molecule has 14 heavy (non-hydrogen) atoms. The Morgan fingerprint density at radius 1 is 1.43 bits per heavy atom. The molecular formula is C10H13N3O. The van der Waals surface area contributed by atoms with E-state index in [0.717, 1.165) is 10.9 Å². The van der Waals surface area contributed by atoms with Gasteiger partial charge in [0.2, 0.25) is 0 Å². The van der Waals surface area contributed by atoms with Gasteiger partial charge in [-0.15, -0.1) is 0 Å². The number of rotatable bonds is 3. The average molecular weight is 191 g/mol. The maximum Gasteiger partial charge on any atom is 0.0683 e. The van der Waals surface area contributed by atoms with Crippen LogP contribution < -0.4 is 5.73 Å². The van der Waals surface area contributed by atoms with Gasteiger partial charge in [0.25, 0.3) is 0 Å². The molecule has 0 aliphatic carbocycles. The highest BCUT2D eigenvalue weighted by Crippen LogP contribution is 2.12. The molecule has 1 unspecified atom stereocenters. The second-order valence-corrected chi connectivity index (χ2v) is 3.33. The third-order valence-electron chi connectivity index (χ3n) is 2.19. The van der Waals surface area contributed by atoms with Crippen LogP contribution in [0.2, 0.25) is 0 Å². The molecule has 74 valence electrons. The van der Waals surface area contributed by atoms with E-state index in [1.807, 2.05) is 28.9 Å². The lowest BCUT2D eigenvalue weighted by molar-refractivity contribution is 0.252. The van der Waals surface area contributed by atoms with Crippen LogP contribution in [0.5, 0.6) is 0 Å². The number of fused-ring (bicyclic) bond motifs is 1. The molecule has 0 fully saturated rings. The summed E-state index contributed by atoms with van der Waals surface area (Å²) in [6, 6.07) is 7.68. The topological polar surface area (TPSA) is 64.1 Å². The molecule has 0 saturated heterocycles. The number of nitrogens with two attached hydrogens (primary N) is 1. The van der Waals surface area contributed by atoms with Gasteiger partial charge in [0, 0.05) is 11.4 Å². The molecule has 0 aliphatic rings. The Morgan fingerprint density at radius 2 is 2.21 bits per heavy atom. The van der Waals surface area contributed by atoms with Crippen LogP contribution in [0.25, 0.3) is 10.9 Å². The Hall–Kier alpha value is -1.39. The van der Waals surface area contributed by atoms with E-state index in [1.165, 1.54) is 0 Å². The van der Waals surface area contributed by atoms with Crippen molar-refractivity contribution in [2.75, 3.05) is 6.61 Å². The molecule has 4 nitrogen and oxygen atoms in total. The fraction of sp³-hybridized carbons (Fsp3) is 0.300. The summed E-state index contributed by atoms with van der Waals surface area (Å²) in [6.07, 6.45) is 1.80. The van der Waals surface area contributed by atoms with Crippen molar-refractivity contribution in [1.82, 2.24) is 9.78 Å². The largest absolute Gasteiger partial charge is 0.395 e. The van der Waals surface area contributed by atoms with Crippen LogP contribution in [0.15, 0.2) is 30.5 Å². The zero-order valence-electron chi connectivity index (χ0n) is 7.80. The molecular weight excluding hydrogens is 178 g/mol. The molecule has 1 heterocycles. The number of nitrogens with zero attached hydrogens (tertiary/aromatic N) is 2. The van der Waals surface area contributed by atoms with Gasteiger partial charge >= 0.3 is 0 Å². The minimum absolute atomic E-state index is 0.0197. The standard InChI is InChI=1S/C10H13N3O/c11-9(7-14)6-13-10-4-2-1-3-8(10)5-12-13/h1-5,9,14H,6-7,11H2. The van der Waals surface area contributed by atoms with E-state index in [4.69, 9.17) is 10.8 Å². The molecule has 2 aromatic rings. The van der Waals surface area contributed by atoms with Gasteiger partial charge in [-0.3, -0.25) is 4.68 Å². The zero-order valence-corrected chi connectivity index (χ0v) is 7.80. The van der Waals surface area contributed by atoms with Gasteiger partial charge in [-0.05, 0) is 6.07 Å². The highest BCUT2D eigenvalue weighted by Gasteiger charge is 2.05. The fourth-order valence-corrected chi connectivity index (χ4v) is 1.45. The van der Waals surface area contributed by atoms with Crippen LogP contribution in [0.4, 0.5) is 0 Å². The fourth-order valence-electron chi connectivity index (χ4n) is 1.45. The molecule has 0 amide bonds. The molecule has 0 aliphatic heterocycles. The first-order valence-corrected chi connectivity index (χ1v) is 4.58. The van der Waals surface area contributed by atoms with Gasteiger partial charge in [-0.25, -0.2) is 0 Å². The zero-order chi connectivity index (χ0) is 9.97. The van der Waals surface area contributed by atoms with Gasteiger partial charge in [0.15, 0.2) is 0 Å². The van der Waals surface area contributed by atoms with Crippen LogP contribution in [-0.2, 0) is 6.54 Å². The second kappa shape index (κ2) is 3.77. The Labute approximate surface area is 81.9 Å². The van der Waals surface area contributed by atoms with Crippen molar-refractivity contribution in [3.63, 3.8) is 0 Å². The number of para-hydroxylation sites is 1. The van der Waals surface area contributed by atoms with Crippen LogP contribution >= 0.6 is 0 Å². The van der Waals surface area contributed by atoms with Crippen molar-refractivity contribution in [2.45, 2.75) is 12.6 Å². The minimum atomic E-state index is -0.252. The Morgan fingerprint density at radius 3 is 3.00 bits per heavy atom. The molecule has 1 aromatic heterocycles. The maximum atomic E-state index is 8.84. The second-order valence-electron chi connectivity index (χ2n) is 3.33. The first-order chi connectivity index (χ1) is 6.81. The van der Waals surface area contributed by atoms with E-state index < -0.39 is 0 Å². The third kappa shape index (κ3) is 1.62. The molecule has 0 saturated carbocycles. The molecule has 0 spiro atoms. The molecule has 2 rings (SSSR count). The summed E-state index contributed by atoms with van der Waals surface area (Å²) in [5.41, 5.74) is 6.70. The monoisotopic (exact) mass is 191 g/mol. The smallest absolute Gasteiger partial charge is 0.0683 e. The Bertz CT molecular complexity index is 424. The molecule has 1 aromatic carbocycles. The van der Waals surface area contributed by atoms with Crippen molar-refractivity contribution < 1.29 is 5.11 Å². The van der Waals surface area contributed by atoms with Crippen LogP contribution in [-0.4, -0.2) is 27.5 Å². The quantitative estimate of drug-likeness (QED) is 0.736. The van der Waals surface area contributed by atoms with Crippen LogP contribution in [0, 0.1) is 0 Å². The van der Waals surface area contributed by atoms with E-state index in [9.17, 15) is 0 Å². The maximum absolute atomic E-state index is 8.84. The van der Waals surface area contributed by atoms with Gasteiger partial charge in [0.1, 0.15) is 0 Å². The molecule has 0 radical (unpaired) electrons. The van der Waals surface area contributed by atoms with Gasteiger partial charge < -0.3 is 10.8 Å². The number of hydrogen-bond acceptors (Lipinski definition) is 3. The number of aliphatic hydroxyl groups is 1. The molecule has 0 bridgehead atoms. The van der Waals surface area contributed by atoms with E-state index in [1.54, 1.807) is 6.20 Å². The normalized spacial score (nSPS) is 13.3. The highest BCUT2D eigenvalue weighted by molar-refractivity contribution is 5.78. The van der Waals surface area contributed by atoms with Crippen molar-refractivity contribution in [1.29, 1.82) is 0 Å². The van der Waals surface area contributed by atoms with E-state index in [0.29, 0.717) is 6.54 Å². The van der Waals surface area contributed by atoms with Gasteiger partial charge in [-0.2, -0.15) is 5.10 Å². The van der Waals surface area contributed by atoms with Gasteiger partial charge in [-0.1, -0.05) is 18.2 Å². The summed E-state index contributed by atoms with van der Waals surface area (Å²) in [5.74, 6) is 0. The summed E-state index contributed by atoms with van der Waals surface area (Å²) in [7, 11) is 0. The SMILES string of the molecule is NC(CO)Cn1ncc2ccccc21. The highest BCUT2D eigenvalue weighted by atomic mass is 16.3. The van der Waals surface area contributed by atoms with Crippen molar-refractivity contribution in [2.24, 2.45) is 5.73 Å². The van der Waals surface area contributed by atoms with Crippen molar-refractivity contribution >= 4 is 10.9 Å². The lowest BCUT2D eigenvalue weighted by Gasteiger charge is -2.08. The molecule has 4 heteroatoms. The van der Waals surface area contributed by atoms with Crippen molar-refractivity contribution in [3.05, 3.63) is 30.5 Å². The predicted molar refractivity (Wildman–Crippen MR) is 54.8 cm³/mol. The number of hydrogen-bond donors (Lipinski definition) is 2. The summed E-state index contributed by atoms with van der Waals surface area (Å²) in [6.45, 7) is 0.526. The first-order valence-electron chi connectivity index (χ1n) is 4.58. The number of benzene rings is 1. The van der Waals surface area contributed by atoms with Crippen LogP contribution in [0.1, 0.15) is 0 Å².